The van der Waals surface area contributed by atoms with Crippen LogP contribution in [0.4, 0.5) is 5.69 Å². The highest BCUT2D eigenvalue weighted by molar-refractivity contribution is 7.98. The van der Waals surface area contributed by atoms with Gasteiger partial charge in [0.2, 0.25) is 5.91 Å². The van der Waals surface area contributed by atoms with Crippen molar-refractivity contribution >= 4 is 45.0 Å². The molecule has 9 heteroatoms. The fourth-order valence-corrected chi connectivity index (χ4v) is 6.09. The Morgan fingerprint density at radius 3 is 2.49 bits per heavy atom. The van der Waals surface area contributed by atoms with Crippen molar-refractivity contribution < 1.29 is 17.9 Å². The van der Waals surface area contributed by atoms with Crippen LogP contribution in [0.25, 0.3) is 0 Å². The third-order valence-electron chi connectivity index (χ3n) is 5.22. The number of carbonyl (C=O) groups excluding carboxylic acids is 1. The second-order valence-electron chi connectivity index (χ2n) is 7.85. The van der Waals surface area contributed by atoms with Gasteiger partial charge in [0.15, 0.2) is 0 Å². The molecule has 0 saturated carbocycles. The van der Waals surface area contributed by atoms with Crippen molar-refractivity contribution in [3.05, 3.63) is 88.9 Å². The Hall–Kier alpha value is -2.68. The van der Waals surface area contributed by atoms with Gasteiger partial charge in [0.05, 0.1) is 17.7 Å². The van der Waals surface area contributed by atoms with Gasteiger partial charge in [-0.25, -0.2) is 8.42 Å². The molecule has 186 valence electrons. The van der Waals surface area contributed by atoms with Gasteiger partial charge in [0.25, 0.3) is 10.0 Å². The lowest BCUT2D eigenvalue weighted by atomic mass is 10.2. The number of nitrogens with zero attached hydrogens (tertiary/aromatic N) is 1. The third-order valence-corrected chi connectivity index (χ3v) is 8.46. The first-order valence-corrected chi connectivity index (χ1v) is 14.1. The van der Waals surface area contributed by atoms with Gasteiger partial charge in [-0.3, -0.25) is 9.10 Å². The van der Waals surface area contributed by atoms with Crippen LogP contribution in [0.1, 0.15) is 17.5 Å². The first-order chi connectivity index (χ1) is 16.8. The number of aryl methyl sites for hydroxylation is 1. The standard InChI is InChI=1S/C26H29ClN2O4S2/c1-20-13-14-25(33-2)24(17-20)29(35(31,32)22-10-4-3-5-11-22)18-26(30)28-15-8-16-34-19-21-9-6-7-12-23(21)27/h3-7,9-14,17H,8,15-16,18-19H2,1-2H3,(H,28,30). The Labute approximate surface area is 216 Å². The van der Waals surface area contributed by atoms with Crippen LogP contribution in [0.2, 0.25) is 5.02 Å². The van der Waals surface area contributed by atoms with E-state index in [-0.39, 0.29) is 17.3 Å². The molecule has 0 spiro atoms. The summed E-state index contributed by atoms with van der Waals surface area (Å²) < 4.78 is 33.5. The van der Waals surface area contributed by atoms with E-state index in [9.17, 15) is 13.2 Å². The molecule has 6 nitrogen and oxygen atoms in total. The number of sulfonamides is 1. The molecule has 3 aromatic carbocycles. The van der Waals surface area contributed by atoms with Crippen LogP contribution >= 0.6 is 23.4 Å². The largest absolute Gasteiger partial charge is 0.495 e. The van der Waals surface area contributed by atoms with Crippen molar-refractivity contribution in [2.24, 2.45) is 0 Å². The summed E-state index contributed by atoms with van der Waals surface area (Å²) in [5, 5.41) is 3.59. The average molecular weight is 533 g/mol. The van der Waals surface area contributed by atoms with Crippen LogP contribution in [0.5, 0.6) is 5.75 Å². The summed E-state index contributed by atoms with van der Waals surface area (Å²) in [4.78, 5) is 12.9. The fourth-order valence-electron chi connectivity index (χ4n) is 3.40. The Bertz CT molecular complexity index is 1240. The molecule has 0 aliphatic carbocycles. The van der Waals surface area contributed by atoms with E-state index in [2.05, 4.69) is 5.32 Å². The molecule has 0 heterocycles. The number of carbonyl (C=O) groups is 1. The smallest absolute Gasteiger partial charge is 0.264 e. The lowest BCUT2D eigenvalue weighted by Gasteiger charge is -2.26. The number of methoxy groups -OCH3 is 1. The third kappa shape index (κ3) is 7.40. The minimum absolute atomic E-state index is 0.104. The zero-order valence-electron chi connectivity index (χ0n) is 19.7. The average Bonchev–Trinajstić information content (AvgIpc) is 2.86. The van der Waals surface area contributed by atoms with Crippen LogP contribution in [0.3, 0.4) is 0 Å². The lowest BCUT2D eigenvalue weighted by molar-refractivity contribution is -0.119. The highest BCUT2D eigenvalue weighted by Gasteiger charge is 2.29. The minimum Gasteiger partial charge on any atom is -0.495 e. The highest BCUT2D eigenvalue weighted by atomic mass is 35.5. The van der Waals surface area contributed by atoms with E-state index >= 15 is 0 Å². The predicted octanol–water partition coefficient (Wildman–Crippen LogP) is 5.29. The number of hydrogen-bond acceptors (Lipinski definition) is 5. The molecule has 0 aliphatic heterocycles. The number of rotatable bonds is 12. The first kappa shape index (κ1) is 26.9. The molecule has 0 unspecified atom stereocenters. The molecule has 0 aromatic heterocycles. The SMILES string of the molecule is COc1ccc(C)cc1N(CC(=O)NCCCSCc1ccccc1Cl)S(=O)(=O)c1ccccc1. The minimum atomic E-state index is -4.00. The van der Waals surface area contributed by atoms with Gasteiger partial charge < -0.3 is 10.1 Å². The van der Waals surface area contributed by atoms with E-state index in [0.717, 1.165) is 38.4 Å². The summed E-state index contributed by atoms with van der Waals surface area (Å²) in [6.45, 7) is 1.94. The molecule has 1 amide bonds. The normalized spacial score (nSPS) is 11.2. The van der Waals surface area contributed by atoms with E-state index in [4.69, 9.17) is 16.3 Å². The van der Waals surface area contributed by atoms with Crippen LogP contribution in [0, 0.1) is 6.92 Å². The first-order valence-electron chi connectivity index (χ1n) is 11.1. The fraction of sp³-hybridized carbons (Fsp3) is 0.269. The van der Waals surface area contributed by atoms with Crippen molar-refractivity contribution in [1.82, 2.24) is 5.32 Å². The van der Waals surface area contributed by atoms with Gasteiger partial charge in [-0.2, -0.15) is 11.8 Å². The van der Waals surface area contributed by atoms with Gasteiger partial charge in [-0.05, 0) is 60.6 Å². The number of ether oxygens (including phenoxy) is 1. The molecule has 1 N–H and O–H groups in total. The van der Waals surface area contributed by atoms with Crippen LogP contribution in [-0.2, 0) is 20.6 Å². The summed E-state index contributed by atoms with van der Waals surface area (Å²) in [5.41, 5.74) is 2.25. The molecule has 3 rings (SSSR count). The van der Waals surface area contributed by atoms with E-state index in [0.29, 0.717) is 18.0 Å². The Kier molecular flexibility index (Phi) is 9.89. The van der Waals surface area contributed by atoms with Crippen LogP contribution < -0.4 is 14.4 Å². The summed E-state index contributed by atoms with van der Waals surface area (Å²) in [7, 11) is -2.52. The van der Waals surface area contributed by atoms with Crippen molar-refractivity contribution in [2.45, 2.75) is 24.0 Å². The zero-order valence-corrected chi connectivity index (χ0v) is 22.1. The second-order valence-corrected chi connectivity index (χ2v) is 11.2. The van der Waals surface area contributed by atoms with Crippen LogP contribution in [-0.4, -0.2) is 40.3 Å². The van der Waals surface area contributed by atoms with E-state index in [1.54, 1.807) is 42.1 Å². The molecule has 0 atom stereocenters. The van der Waals surface area contributed by atoms with Gasteiger partial charge in [-0.15, -0.1) is 0 Å². The van der Waals surface area contributed by atoms with Gasteiger partial charge in [-0.1, -0.05) is 54.1 Å². The molecule has 0 radical (unpaired) electrons. The molecule has 0 bridgehead atoms. The Balaban J connectivity index is 1.65. The molecule has 35 heavy (non-hydrogen) atoms. The van der Waals surface area contributed by atoms with E-state index < -0.39 is 10.0 Å². The van der Waals surface area contributed by atoms with Crippen molar-refractivity contribution in [3.63, 3.8) is 0 Å². The summed E-state index contributed by atoms with van der Waals surface area (Å²) in [6, 6.07) is 21.0. The second kappa shape index (κ2) is 12.9. The zero-order chi connectivity index (χ0) is 25.3. The summed E-state index contributed by atoms with van der Waals surface area (Å²) in [6.07, 6.45) is 0.750. The van der Waals surface area contributed by atoms with Gasteiger partial charge in [0.1, 0.15) is 12.3 Å². The molecule has 0 saturated heterocycles. The van der Waals surface area contributed by atoms with Crippen molar-refractivity contribution in [2.75, 3.05) is 30.3 Å². The maximum absolute atomic E-state index is 13.5. The number of nitrogens with one attached hydrogen (secondary N) is 1. The topological polar surface area (TPSA) is 75.7 Å². The number of hydrogen-bond donors (Lipinski definition) is 1. The summed E-state index contributed by atoms with van der Waals surface area (Å²) >= 11 is 7.92. The summed E-state index contributed by atoms with van der Waals surface area (Å²) in [5.74, 6) is 1.62. The number of thioether (sulfide) groups is 1. The molecule has 0 aliphatic rings. The number of halogens is 1. The maximum Gasteiger partial charge on any atom is 0.264 e. The number of benzene rings is 3. The van der Waals surface area contributed by atoms with Crippen molar-refractivity contribution in [1.29, 1.82) is 0 Å². The highest BCUT2D eigenvalue weighted by Crippen LogP contribution is 2.33. The maximum atomic E-state index is 13.5. The quantitative estimate of drug-likeness (QED) is 0.321. The monoisotopic (exact) mass is 532 g/mol. The Morgan fingerprint density at radius 1 is 1.06 bits per heavy atom. The lowest BCUT2D eigenvalue weighted by Crippen LogP contribution is -2.41. The van der Waals surface area contributed by atoms with E-state index in [1.807, 2.05) is 37.3 Å². The molecule has 3 aromatic rings. The molecular weight excluding hydrogens is 504 g/mol. The molecule has 0 fully saturated rings. The van der Waals surface area contributed by atoms with Crippen molar-refractivity contribution in [3.8, 4) is 5.75 Å². The van der Waals surface area contributed by atoms with Gasteiger partial charge in [0, 0.05) is 17.3 Å². The Morgan fingerprint density at radius 2 is 1.77 bits per heavy atom. The van der Waals surface area contributed by atoms with Gasteiger partial charge >= 0.3 is 0 Å². The van der Waals surface area contributed by atoms with Crippen LogP contribution in [0.15, 0.2) is 77.7 Å². The number of amides is 1. The number of anilines is 1. The predicted molar refractivity (Wildman–Crippen MR) is 144 cm³/mol. The van der Waals surface area contributed by atoms with E-state index in [1.165, 1.54) is 19.2 Å². The molecular formula is C26H29ClN2O4S2.